The molecule has 1 atom stereocenters. The molecule has 4 amide bonds. The molecule has 174 valence electrons. The zero-order valence-corrected chi connectivity index (χ0v) is 20.1. The molecule has 1 heterocycles. The number of imide groups is 1. The van der Waals surface area contributed by atoms with Crippen molar-refractivity contribution in [3.63, 3.8) is 0 Å². The van der Waals surface area contributed by atoms with Crippen LogP contribution in [0.4, 0.5) is 5.69 Å². The van der Waals surface area contributed by atoms with Crippen LogP contribution < -0.4 is 10.3 Å². The maximum absolute atomic E-state index is 13.2. The first-order valence-electron chi connectivity index (χ1n) is 10.8. The van der Waals surface area contributed by atoms with Crippen molar-refractivity contribution in [2.24, 2.45) is 5.92 Å². The van der Waals surface area contributed by atoms with Crippen LogP contribution in [0.3, 0.4) is 0 Å². The van der Waals surface area contributed by atoms with Gasteiger partial charge in [-0.2, -0.15) is 0 Å². The summed E-state index contributed by atoms with van der Waals surface area (Å²) in [7, 11) is 0. The maximum Gasteiger partial charge on any atom is 0.269 e. The molecule has 1 fully saturated rings. The number of halogens is 1. The highest BCUT2D eigenvalue weighted by atomic mass is 35.5. The summed E-state index contributed by atoms with van der Waals surface area (Å²) in [5.74, 6) is -2.54. The summed E-state index contributed by atoms with van der Waals surface area (Å²) in [5, 5.41) is 1.47. The first kappa shape index (κ1) is 24.5. The summed E-state index contributed by atoms with van der Waals surface area (Å²) in [5.41, 5.74) is 4.26. The Balaban J connectivity index is 1.86. The lowest BCUT2D eigenvalue weighted by molar-refractivity contribution is -0.143. The number of nitrogens with one attached hydrogen (secondary N) is 1. The van der Waals surface area contributed by atoms with Crippen LogP contribution in [0.5, 0.6) is 0 Å². The van der Waals surface area contributed by atoms with E-state index in [1.54, 1.807) is 50.2 Å². The Hall–Kier alpha value is -3.19. The summed E-state index contributed by atoms with van der Waals surface area (Å²) in [6.07, 6.45) is -0.233. The Morgan fingerprint density at radius 1 is 1.03 bits per heavy atom. The van der Waals surface area contributed by atoms with Crippen molar-refractivity contribution in [2.75, 3.05) is 4.90 Å². The van der Waals surface area contributed by atoms with Gasteiger partial charge in [0.25, 0.3) is 11.8 Å². The van der Waals surface area contributed by atoms with E-state index in [0.29, 0.717) is 16.3 Å². The molecule has 8 heteroatoms. The van der Waals surface area contributed by atoms with Crippen molar-refractivity contribution in [1.82, 2.24) is 10.4 Å². The molecule has 0 saturated carbocycles. The van der Waals surface area contributed by atoms with E-state index in [0.717, 1.165) is 15.5 Å². The lowest BCUT2D eigenvalue weighted by atomic mass is 9.87. The Morgan fingerprint density at radius 3 is 2.12 bits per heavy atom. The van der Waals surface area contributed by atoms with Crippen LogP contribution in [0.2, 0.25) is 5.02 Å². The third-order valence-electron chi connectivity index (χ3n) is 5.49. The van der Waals surface area contributed by atoms with Crippen LogP contribution in [0.15, 0.2) is 48.5 Å². The van der Waals surface area contributed by atoms with E-state index in [9.17, 15) is 19.2 Å². The van der Waals surface area contributed by atoms with E-state index < -0.39 is 35.6 Å². The molecule has 1 aliphatic rings. The van der Waals surface area contributed by atoms with Crippen molar-refractivity contribution in [1.29, 1.82) is 0 Å². The Kier molecular flexibility index (Phi) is 6.93. The summed E-state index contributed by atoms with van der Waals surface area (Å²) in [6, 6.07) is 12.2. The molecule has 0 bridgehead atoms. The first-order chi connectivity index (χ1) is 15.4. The lowest BCUT2D eigenvalue weighted by Gasteiger charge is -2.29. The van der Waals surface area contributed by atoms with E-state index in [1.807, 2.05) is 12.1 Å². The fraction of sp³-hybridized carbons (Fsp3) is 0.360. The van der Waals surface area contributed by atoms with Gasteiger partial charge in [-0.25, -0.2) is 9.91 Å². The van der Waals surface area contributed by atoms with E-state index in [-0.39, 0.29) is 11.8 Å². The smallest absolute Gasteiger partial charge is 0.269 e. The number of hydrogen-bond donors (Lipinski definition) is 1. The van der Waals surface area contributed by atoms with Gasteiger partial charge in [0, 0.05) is 16.5 Å². The van der Waals surface area contributed by atoms with Gasteiger partial charge in [0.2, 0.25) is 11.8 Å². The zero-order chi connectivity index (χ0) is 24.5. The zero-order valence-electron chi connectivity index (χ0n) is 19.4. The third-order valence-corrected chi connectivity index (χ3v) is 5.74. The average Bonchev–Trinajstić information content (AvgIpc) is 3.05. The predicted octanol–water partition coefficient (Wildman–Crippen LogP) is 4.10. The molecule has 1 unspecified atom stereocenters. The van der Waals surface area contributed by atoms with Crippen LogP contribution in [0.25, 0.3) is 0 Å². The van der Waals surface area contributed by atoms with Crippen LogP contribution >= 0.6 is 11.6 Å². The molecule has 3 rings (SSSR count). The van der Waals surface area contributed by atoms with Crippen LogP contribution in [-0.4, -0.2) is 34.7 Å². The molecule has 1 saturated heterocycles. The summed E-state index contributed by atoms with van der Waals surface area (Å²) >= 11 is 5.91. The van der Waals surface area contributed by atoms with Crippen molar-refractivity contribution in [3.8, 4) is 0 Å². The van der Waals surface area contributed by atoms with Gasteiger partial charge in [-0.1, -0.05) is 58.4 Å². The van der Waals surface area contributed by atoms with Crippen molar-refractivity contribution >= 4 is 40.9 Å². The molecule has 0 radical (unpaired) electrons. The van der Waals surface area contributed by atoms with Gasteiger partial charge in [0.05, 0.1) is 12.1 Å². The fourth-order valence-electron chi connectivity index (χ4n) is 3.54. The summed E-state index contributed by atoms with van der Waals surface area (Å²) in [6.45, 7) is 9.54. The number of hydrogen-bond acceptors (Lipinski definition) is 4. The fourth-order valence-corrected chi connectivity index (χ4v) is 3.67. The van der Waals surface area contributed by atoms with Crippen molar-refractivity contribution in [2.45, 2.75) is 52.5 Å². The molecular weight excluding hydrogens is 442 g/mol. The SMILES string of the molecule is CC(C)C(=O)N(NC(=O)c1ccc(C(C)(C)C)cc1)C1CC(=O)N(c2ccc(Cl)cc2)C1=O. The number of rotatable bonds is 4. The molecule has 1 aliphatic heterocycles. The molecule has 2 aromatic carbocycles. The van der Waals surface area contributed by atoms with Crippen LogP contribution in [0.1, 0.15) is 57.0 Å². The molecule has 1 N–H and O–H groups in total. The molecule has 2 aromatic rings. The van der Waals surface area contributed by atoms with E-state index >= 15 is 0 Å². The second kappa shape index (κ2) is 9.35. The molecule has 0 spiro atoms. The number of anilines is 1. The highest BCUT2D eigenvalue weighted by Crippen LogP contribution is 2.27. The van der Waals surface area contributed by atoms with E-state index in [1.165, 1.54) is 0 Å². The van der Waals surface area contributed by atoms with Crippen LogP contribution in [0, 0.1) is 5.92 Å². The van der Waals surface area contributed by atoms with Crippen molar-refractivity contribution < 1.29 is 19.2 Å². The molecule has 33 heavy (non-hydrogen) atoms. The Bertz CT molecular complexity index is 1070. The molecule has 7 nitrogen and oxygen atoms in total. The van der Waals surface area contributed by atoms with Gasteiger partial charge in [-0.15, -0.1) is 0 Å². The van der Waals surface area contributed by atoms with Gasteiger partial charge < -0.3 is 0 Å². The number of amides is 4. The third kappa shape index (κ3) is 5.25. The number of nitrogens with zero attached hydrogens (tertiary/aromatic N) is 2. The van der Waals surface area contributed by atoms with Crippen molar-refractivity contribution in [3.05, 3.63) is 64.7 Å². The molecule has 0 aliphatic carbocycles. The normalized spacial score (nSPS) is 16.3. The average molecular weight is 470 g/mol. The van der Waals surface area contributed by atoms with Crippen LogP contribution in [-0.2, 0) is 19.8 Å². The number of hydrazine groups is 1. The minimum Gasteiger partial charge on any atom is -0.274 e. The minimum atomic E-state index is -1.14. The second-order valence-corrected chi connectivity index (χ2v) is 9.83. The summed E-state index contributed by atoms with van der Waals surface area (Å²) < 4.78 is 0. The van der Waals surface area contributed by atoms with Gasteiger partial charge in [0.15, 0.2) is 0 Å². The quantitative estimate of drug-likeness (QED) is 0.539. The van der Waals surface area contributed by atoms with E-state index in [2.05, 4.69) is 26.2 Å². The largest absolute Gasteiger partial charge is 0.274 e. The Morgan fingerprint density at radius 2 is 1.61 bits per heavy atom. The number of benzene rings is 2. The van der Waals surface area contributed by atoms with E-state index in [4.69, 9.17) is 11.6 Å². The maximum atomic E-state index is 13.2. The van der Waals surface area contributed by atoms with Gasteiger partial charge in [0.1, 0.15) is 6.04 Å². The molecule has 0 aromatic heterocycles. The van der Waals surface area contributed by atoms with Gasteiger partial charge in [-0.05, 0) is 47.4 Å². The summed E-state index contributed by atoms with van der Waals surface area (Å²) in [4.78, 5) is 52.8. The lowest BCUT2D eigenvalue weighted by Crippen LogP contribution is -2.55. The number of carbonyl (C=O) groups excluding carboxylic acids is 4. The standard InChI is InChI=1S/C25H28ClN3O4/c1-15(2)23(32)29(27-22(31)16-6-8-17(9-7-16)25(3,4)5)20-14-21(30)28(24(20)33)19-12-10-18(26)11-13-19/h6-13,15,20H,14H2,1-5H3,(H,27,31). The highest BCUT2D eigenvalue weighted by molar-refractivity contribution is 6.31. The minimum absolute atomic E-state index is 0.0730. The van der Waals surface area contributed by atoms with Gasteiger partial charge >= 0.3 is 0 Å². The number of carbonyl (C=O) groups is 4. The Labute approximate surface area is 198 Å². The predicted molar refractivity (Wildman–Crippen MR) is 127 cm³/mol. The second-order valence-electron chi connectivity index (χ2n) is 9.39. The highest BCUT2D eigenvalue weighted by Gasteiger charge is 2.45. The van der Waals surface area contributed by atoms with Gasteiger partial charge in [-0.3, -0.25) is 24.6 Å². The topological polar surface area (TPSA) is 86.8 Å². The molecular formula is C25H28ClN3O4. The first-order valence-corrected chi connectivity index (χ1v) is 11.1. The monoisotopic (exact) mass is 469 g/mol.